The number of anilines is 2. The molecule has 6 nitrogen and oxygen atoms in total. The maximum atomic E-state index is 5.53. The molecule has 118 valence electrons. The highest BCUT2D eigenvalue weighted by atomic mass is 15.3. The number of likely N-dealkylation sites (tertiary alicyclic amines) is 1. The molecule has 1 fully saturated rings. The molecule has 1 saturated heterocycles. The number of hydrogen-bond donors (Lipinski definition) is 3. The zero-order valence-corrected chi connectivity index (χ0v) is 13.4. The molecule has 4 N–H and O–H groups in total. The minimum Gasteiger partial charge on any atom is -0.369 e. The highest BCUT2D eigenvalue weighted by molar-refractivity contribution is 5.56. The van der Waals surface area contributed by atoms with E-state index in [1.165, 1.54) is 25.9 Å². The fraction of sp³-hybridized carbons (Fsp3) is 0.733. The zero-order chi connectivity index (χ0) is 15.2. The predicted octanol–water partition coefficient (Wildman–Crippen LogP) is 1.78. The van der Waals surface area contributed by atoms with Crippen molar-refractivity contribution in [2.75, 3.05) is 36.9 Å². The van der Waals surface area contributed by atoms with Crippen LogP contribution in [0, 0.1) is 12.8 Å². The van der Waals surface area contributed by atoms with Gasteiger partial charge in [0, 0.05) is 25.1 Å². The fourth-order valence-electron chi connectivity index (χ4n) is 2.78. The van der Waals surface area contributed by atoms with Gasteiger partial charge in [0.05, 0.1) is 0 Å². The summed E-state index contributed by atoms with van der Waals surface area (Å²) >= 11 is 0. The predicted molar refractivity (Wildman–Crippen MR) is 87.3 cm³/mol. The lowest BCUT2D eigenvalue weighted by Gasteiger charge is -2.21. The molecule has 1 aliphatic heterocycles. The highest BCUT2D eigenvalue weighted by Gasteiger charge is 2.15. The van der Waals surface area contributed by atoms with Crippen molar-refractivity contribution >= 4 is 11.6 Å². The molecule has 1 aliphatic rings. The Labute approximate surface area is 127 Å². The van der Waals surface area contributed by atoms with Crippen LogP contribution in [0.4, 0.5) is 11.6 Å². The number of rotatable bonds is 7. The van der Waals surface area contributed by atoms with Gasteiger partial charge in [-0.15, -0.1) is 0 Å². The Kier molecular flexibility index (Phi) is 5.76. The van der Waals surface area contributed by atoms with Crippen LogP contribution in [0.15, 0.2) is 0 Å². The standard InChI is InChI=1S/C15H28N6/c1-4-13-18-14(12(3)15(19-13)20-16)17-9-11(2)10-21-7-5-6-8-21/h11H,4-10,16H2,1-3H3,(H2,17,18,19,20). The van der Waals surface area contributed by atoms with Gasteiger partial charge in [-0.05, 0) is 38.8 Å². The minimum absolute atomic E-state index is 0.594. The van der Waals surface area contributed by atoms with Crippen LogP contribution in [-0.4, -0.2) is 41.0 Å². The number of nitrogens with zero attached hydrogens (tertiary/aromatic N) is 3. The van der Waals surface area contributed by atoms with Crippen molar-refractivity contribution in [3.63, 3.8) is 0 Å². The van der Waals surface area contributed by atoms with E-state index in [4.69, 9.17) is 5.84 Å². The largest absolute Gasteiger partial charge is 0.369 e. The Morgan fingerprint density at radius 3 is 2.52 bits per heavy atom. The number of hydrogen-bond acceptors (Lipinski definition) is 6. The molecule has 2 heterocycles. The zero-order valence-electron chi connectivity index (χ0n) is 13.4. The Morgan fingerprint density at radius 1 is 1.24 bits per heavy atom. The minimum atomic E-state index is 0.594. The van der Waals surface area contributed by atoms with E-state index in [9.17, 15) is 0 Å². The van der Waals surface area contributed by atoms with Crippen LogP contribution >= 0.6 is 0 Å². The maximum Gasteiger partial charge on any atom is 0.148 e. The average molecular weight is 292 g/mol. The number of nitrogen functional groups attached to an aromatic ring is 1. The van der Waals surface area contributed by atoms with Crippen molar-refractivity contribution in [1.29, 1.82) is 0 Å². The van der Waals surface area contributed by atoms with Gasteiger partial charge in [0.1, 0.15) is 17.5 Å². The Morgan fingerprint density at radius 2 is 1.90 bits per heavy atom. The van der Waals surface area contributed by atoms with Crippen molar-refractivity contribution in [3.05, 3.63) is 11.4 Å². The van der Waals surface area contributed by atoms with Gasteiger partial charge < -0.3 is 15.6 Å². The van der Waals surface area contributed by atoms with E-state index in [0.29, 0.717) is 11.7 Å². The molecule has 0 amide bonds. The van der Waals surface area contributed by atoms with Gasteiger partial charge >= 0.3 is 0 Å². The summed E-state index contributed by atoms with van der Waals surface area (Å²) in [6, 6.07) is 0. The lowest BCUT2D eigenvalue weighted by molar-refractivity contribution is 0.294. The topological polar surface area (TPSA) is 79.1 Å². The number of hydrazine groups is 1. The van der Waals surface area contributed by atoms with E-state index in [1.807, 2.05) is 13.8 Å². The summed E-state index contributed by atoms with van der Waals surface area (Å²) in [6.45, 7) is 10.9. The van der Waals surface area contributed by atoms with E-state index in [2.05, 4.69) is 32.5 Å². The van der Waals surface area contributed by atoms with Gasteiger partial charge in [0.25, 0.3) is 0 Å². The van der Waals surface area contributed by atoms with Gasteiger partial charge in [-0.25, -0.2) is 15.8 Å². The van der Waals surface area contributed by atoms with Crippen molar-refractivity contribution in [1.82, 2.24) is 14.9 Å². The maximum absolute atomic E-state index is 5.53. The second-order valence-corrected chi connectivity index (χ2v) is 5.95. The first kappa shape index (κ1) is 16.0. The third kappa shape index (κ3) is 4.28. The average Bonchev–Trinajstić information content (AvgIpc) is 2.99. The molecule has 0 saturated carbocycles. The number of aryl methyl sites for hydroxylation is 1. The van der Waals surface area contributed by atoms with Crippen molar-refractivity contribution < 1.29 is 0 Å². The third-order valence-electron chi connectivity index (χ3n) is 4.03. The van der Waals surface area contributed by atoms with E-state index in [1.54, 1.807) is 0 Å². The van der Waals surface area contributed by atoms with E-state index >= 15 is 0 Å². The number of nitrogens with one attached hydrogen (secondary N) is 2. The first-order valence-corrected chi connectivity index (χ1v) is 7.94. The number of nitrogens with two attached hydrogens (primary N) is 1. The van der Waals surface area contributed by atoms with Crippen LogP contribution in [0.3, 0.4) is 0 Å². The molecule has 21 heavy (non-hydrogen) atoms. The highest BCUT2D eigenvalue weighted by Crippen LogP contribution is 2.20. The molecule has 1 aromatic rings. The second kappa shape index (κ2) is 7.56. The monoisotopic (exact) mass is 292 g/mol. The number of aromatic nitrogens is 2. The third-order valence-corrected chi connectivity index (χ3v) is 4.03. The van der Waals surface area contributed by atoms with Gasteiger partial charge in [0.2, 0.25) is 0 Å². The summed E-state index contributed by atoms with van der Waals surface area (Å²) in [5.41, 5.74) is 3.63. The molecule has 1 aromatic heterocycles. The van der Waals surface area contributed by atoms with E-state index < -0.39 is 0 Å². The molecule has 0 bridgehead atoms. The van der Waals surface area contributed by atoms with Crippen LogP contribution in [0.5, 0.6) is 0 Å². The molecule has 0 aliphatic carbocycles. The van der Waals surface area contributed by atoms with Crippen molar-refractivity contribution in [3.8, 4) is 0 Å². The van der Waals surface area contributed by atoms with Crippen molar-refractivity contribution in [2.24, 2.45) is 11.8 Å². The molecule has 2 rings (SSSR count). The Hall–Kier alpha value is -1.40. The van der Waals surface area contributed by atoms with Crippen LogP contribution in [0.25, 0.3) is 0 Å². The molecule has 0 radical (unpaired) electrons. The van der Waals surface area contributed by atoms with Crippen LogP contribution in [0.2, 0.25) is 0 Å². The lowest BCUT2D eigenvalue weighted by atomic mass is 10.1. The molecular weight excluding hydrogens is 264 g/mol. The summed E-state index contributed by atoms with van der Waals surface area (Å²) in [6.07, 6.45) is 3.49. The lowest BCUT2D eigenvalue weighted by Crippen LogP contribution is -2.29. The van der Waals surface area contributed by atoms with Crippen molar-refractivity contribution in [2.45, 2.75) is 40.0 Å². The second-order valence-electron chi connectivity index (χ2n) is 5.95. The molecule has 1 atom stereocenters. The summed E-state index contributed by atoms with van der Waals surface area (Å²) in [5, 5.41) is 3.46. The fourth-order valence-corrected chi connectivity index (χ4v) is 2.78. The van der Waals surface area contributed by atoms with Crippen LogP contribution in [0.1, 0.15) is 38.1 Å². The van der Waals surface area contributed by atoms with E-state index in [-0.39, 0.29) is 0 Å². The normalized spacial score (nSPS) is 17.0. The first-order valence-electron chi connectivity index (χ1n) is 7.94. The molecule has 0 spiro atoms. The SMILES string of the molecule is CCc1nc(NN)c(C)c(NCC(C)CN2CCCC2)n1. The Balaban J connectivity index is 1.95. The summed E-state index contributed by atoms with van der Waals surface area (Å²) in [4.78, 5) is 11.5. The Bertz CT molecular complexity index is 456. The summed E-state index contributed by atoms with van der Waals surface area (Å²) in [5.74, 6) is 8.53. The van der Waals surface area contributed by atoms with Gasteiger partial charge in [-0.1, -0.05) is 13.8 Å². The van der Waals surface area contributed by atoms with Gasteiger partial charge in [-0.2, -0.15) is 0 Å². The summed E-state index contributed by atoms with van der Waals surface area (Å²) < 4.78 is 0. The molecule has 0 aromatic carbocycles. The van der Waals surface area contributed by atoms with Gasteiger partial charge in [-0.3, -0.25) is 0 Å². The van der Waals surface area contributed by atoms with Crippen LogP contribution in [-0.2, 0) is 6.42 Å². The van der Waals surface area contributed by atoms with Crippen LogP contribution < -0.4 is 16.6 Å². The molecular formula is C15H28N6. The molecule has 1 unspecified atom stereocenters. The first-order chi connectivity index (χ1) is 10.1. The molecule has 6 heteroatoms. The smallest absolute Gasteiger partial charge is 0.148 e. The summed E-state index contributed by atoms with van der Waals surface area (Å²) in [7, 11) is 0. The van der Waals surface area contributed by atoms with E-state index in [0.717, 1.165) is 36.7 Å². The quantitative estimate of drug-likeness (QED) is 0.525. The van der Waals surface area contributed by atoms with Gasteiger partial charge in [0.15, 0.2) is 0 Å².